The van der Waals surface area contributed by atoms with Crippen molar-refractivity contribution in [3.05, 3.63) is 66.2 Å². The van der Waals surface area contributed by atoms with Gasteiger partial charge in [0.1, 0.15) is 6.04 Å². The summed E-state index contributed by atoms with van der Waals surface area (Å²) in [6, 6.07) is 19.5. The van der Waals surface area contributed by atoms with Crippen LogP contribution in [0.1, 0.15) is 25.3 Å². The lowest BCUT2D eigenvalue weighted by Gasteiger charge is -2.28. The van der Waals surface area contributed by atoms with Crippen LogP contribution in [0.4, 0.5) is 0 Å². The Labute approximate surface area is 181 Å². The number of amides is 1. The van der Waals surface area contributed by atoms with Gasteiger partial charge < -0.3 is 9.64 Å². The molecule has 1 saturated heterocycles. The second-order valence-electron chi connectivity index (χ2n) is 6.92. The molecular weight excluding hydrogens is 402 g/mol. The van der Waals surface area contributed by atoms with Gasteiger partial charge in [0, 0.05) is 17.1 Å². The molecule has 2 unspecified atom stereocenters. The van der Waals surface area contributed by atoms with Crippen molar-refractivity contribution in [3.63, 3.8) is 0 Å². The summed E-state index contributed by atoms with van der Waals surface area (Å²) in [5, 5.41) is -0.0509. The SMILES string of the molecule is CCCCOC(=O)C1CSC(Cc2ccccc2)N1C(=O)CSc1ccccc1. The van der Waals surface area contributed by atoms with E-state index in [4.69, 9.17) is 4.74 Å². The van der Waals surface area contributed by atoms with Gasteiger partial charge in [-0.3, -0.25) is 4.79 Å². The van der Waals surface area contributed by atoms with Crippen LogP contribution in [0.15, 0.2) is 65.6 Å². The predicted molar refractivity (Wildman–Crippen MR) is 120 cm³/mol. The number of rotatable bonds is 9. The molecule has 0 saturated carbocycles. The number of hydrogen-bond donors (Lipinski definition) is 0. The van der Waals surface area contributed by atoms with Gasteiger partial charge in [0.15, 0.2) is 0 Å². The quantitative estimate of drug-likeness (QED) is 0.330. The van der Waals surface area contributed by atoms with Gasteiger partial charge in [-0.2, -0.15) is 0 Å². The van der Waals surface area contributed by atoms with Gasteiger partial charge in [-0.05, 0) is 24.1 Å². The summed E-state index contributed by atoms with van der Waals surface area (Å²) in [5.74, 6) is 0.612. The van der Waals surface area contributed by atoms with Crippen molar-refractivity contribution in [2.75, 3.05) is 18.1 Å². The number of carbonyl (C=O) groups is 2. The van der Waals surface area contributed by atoms with Crippen LogP contribution < -0.4 is 0 Å². The predicted octanol–water partition coefficient (Wildman–Crippen LogP) is 4.63. The van der Waals surface area contributed by atoms with Crippen LogP contribution in [0.2, 0.25) is 0 Å². The molecule has 1 fully saturated rings. The van der Waals surface area contributed by atoms with Crippen molar-refractivity contribution in [3.8, 4) is 0 Å². The van der Waals surface area contributed by atoms with E-state index < -0.39 is 6.04 Å². The van der Waals surface area contributed by atoms with Gasteiger partial charge in [0.2, 0.25) is 5.91 Å². The molecule has 0 spiro atoms. The summed E-state index contributed by atoms with van der Waals surface area (Å²) >= 11 is 3.17. The van der Waals surface area contributed by atoms with Gasteiger partial charge in [-0.15, -0.1) is 23.5 Å². The Kier molecular flexibility index (Phi) is 8.50. The molecule has 2 aromatic carbocycles. The molecule has 1 aliphatic heterocycles. The van der Waals surface area contributed by atoms with Gasteiger partial charge in [-0.1, -0.05) is 61.9 Å². The molecule has 0 N–H and O–H groups in total. The number of benzene rings is 2. The van der Waals surface area contributed by atoms with E-state index in [9.17, 15) is 9.59 Å². The fraction of sp³-hybridized carbons (Fsp3) is 0.391. The number of unbranched alkanes of at least 4 members (excludes halogenated alkanes) is 1. The highest BCUT2D eigenvalue weighted by molar-refractivity contribution is 8.00. The standard InChI is InChI=1S/C23H27NO3S2/c1-2-3-14-27-23(26)20-16-29-22(15-18-10-6-4-7-11-18)24(20)21(25)17-28-19-12-8-5-9-13-19/h4-13,20,22H,2-3,14-17H2,1H3. The van der Waals surface area contributed by atoms with Gasteiger partial charge in [0.25, 0.3) is 0 Å². The minimum atomic E-state index is -0.505. The van der Waals surface area contributed by atoms with Crippen LogP contribution in [0.3, 0.4) is 0 Å². The van der Waals surface area contributed by atoms with Crippen molar-refractivity contribution >= 4 is 35.4 Å². The third-order valence-corrected chi connectivity index (χ3v) is 7.04. The van der Waals surface area contributed by atoms with E-state index in [2.05, 4.69) is 19.1 Å². The number of thioether (sulfide) groups is 2. The Morgan fingerprint density at radius 2 is 1.79 bits per heavy atom. The van der Waals surface area contributed by atoms with Crippen molar-refractivity contribution in [1.82, 2.24) is 4.90 Å². The molecule has 6 heteroatoms. The average Bonchev–Trinajstić information content (AvgIpc) is 3.17. The maximum absolute atomic E-state index is 13.1. The largest absolute Gasteiger partial charge is 0.464 e. The van der Waals surface area contributed by atoms with Crippen molar-refractivity contribution in [2.45, 2.75) is 42.5 Å². The third-order valence-electron chi connectivity index (χ3n) is 4.75. The summed E-state index contributed by atoms with van der Waals surface area (Å²) in [5.41, 5.74) is 1.17. The number of carbonyl (C=O) groups excluding carboxylic acids is 2. The van der Waals surface area contributed by atoms with Gasteiger partial charge in [0.05, 0.1) is 17.7 Å². The lowest BCUT2D eigenvalue weighted by molar-refractivity contribution is -0.153. The zero-order valence-electron chi connectivity index (χ0n) is 16.7. The second kappa shape index (κ2) is 11.3. The van der Waals surface area contributed by atoms with E-state index in [1.807, 2.05) is 48.5 Å². The van der Waals surface area contributed by atoms with Crippen molar-refractivity contribution in [1.29, 1.82) is 0 Å². The number of hydrogen-bond acceptors (Lipinski definition) is 5. The zero-order chi connectivity index (χ0) is 20.5. The molecular formula is C23H27NO3S2. The summed E-state index contributed by atoms with van der Waals surface area (Å²) in [6.07, 6.45) is 2.54. The Hall–Kier alpha value is -1.92. The minimum Gasteiger partial charge on any atom is -0.464 e. The Bertz CT molecular complexity index is 785. The Balaban J connectivity index is 1.70. The first kappa shape index (κ1) is 21.8. The van der Waals surface area contributed by atoms with Crippen LogP contribution in [-0.4, -0.2) is 46.3 Å². The third kappa shape index (κ3) is 6.28. The molecule has 3 rings (SSSR count). The molecule has 0 bridgehead atoms. The molecule has 0 radical (unpaired) electrons. The monoisotopic (exact) mass is 429 g/mol. The van der Waals surface area contributed by atoms with Gasteiger partial charge in [-0.25, -0.2) is 4.79 Å². The first-order chi connectivity index (χ1) is 14.2. The lowest BCUT2D eigenvalue weighted by atomic mass is 10.1. The first-order valence-corrected chi connectivity index (χ1v) is 12.0. The molecule has 0 aromatic heterocycles. The van der Waals surface area contributed by atoms with Crippen LogP contribution in [0.25, 0.3) is 0 Å². The fourth-order valence-electron chi connectivity index (χ4n) is 3.20. The van der Waals surface area contributed by atoms with E-state index in [1.54, 1.807) is 16.7 Å². The molecule has 154 valence electrons. The minimum absolute atomic E-state index is 0.0118. The lowest BCUT2D eigenvalue weighted by Crippen LogP contribution is -2.47. The summed E-state index contributed by atoms with van der Waals surface area (Å²) in [7, 11) is 0. The molecule has 29 heavy (non-hydrogen) atoms. The van der Waals surface area contributed by atoms with Crippen LogP contribution in [0, 0.1) is 0 Å². The first-order valence-electron chi connectivity index (χ1n) is 10.00. The fourth-order valence-corrected chi connectivity index (χ4v) is 5.43. The highest BCUT2D eigenvalue weighted by Gasteiger charge is 2.42. The van der Waals surface area contributed by atoms with Crippen LogP contribution in [-0.2, 0) is 20.7 Å². The zero-order valence-corrected chi connectivity index (χ0v) is 18.3. The van der Waals surface area contributed by atoms with E-state index in [-0.39, 0.29) is 17.3 Å². The highest BCUT2D eigenvalue weighted by Crippen LogP contribution is 2.33. The maximum Gasteiger partial charge on any atom is 0.329 e. The van der Waals surface area contributed by atoms with E-state index >= 15 is 0 Å². The average molecular weight is 430 g/mol. The maximum atomic E-state index is 13.1. The molecule has 1 heterocycles. The Morgan fingerprint density at radius 3 is 2.48 bits per heavy atom. The normalized spacial score (nSPS) is 18.6. The molecule has 0 aliphatic carbocycles. The second-order valence-corrected chi connectivity index (χ2v) is 9.18. The summed E-state index contributed by atoms with van der Waals surface area (Å²) < 4.78 is 5.46. The molecule has 2 atom stereocenters. The highest BCUT2D eigenvalue weighted by atomic mass is 32.2. The van der Waals surface area contributed by atoms with Crippen LogP contribution >= 0.6 is 23.5 Å². The smallest absolute Gasteiger partial charge is 0.329 e. The number of ether oxygens (including phenoxy) is 1. The van der Waals surface area contributed by atoms with Crippen molar-refractivity contribution < 1.29 is 14.3 Å². The molecule has 4 nitrogen and oxygen atoms in total. The molecule has 2 aromatic rings. The number of esters is 1. The van der Waals surface area contributed by atoms with Crippen molar-refractivity contribution in [2.24, 2.45) is 0 Å². The van der Waals surface area contributed by atoms with E-state index in [0.717, 1.165) is 24.2 Å². The van der Waals surface area contributed by atoms with Gasteiger partial charge >= 0.3 is 5.97 Å². The van der Waals surface area contributed by atoms with E-state index in [1.165, 1.54) is 17.3 Å². The topological polar surface area (TPSA) is 46.6 Å². The number of nitrogens with zero attached hydrogens (tertiary/aromatic N) is 1. The van der Waals surface area contributed by atoms with E-state index in [0.29, 0.717) is 18.1 Å². The summed E-state index contributed by atoms with van der Waals surface area (Å²) in [6.45, 7) is 2.48. The Morgan fingerprint density at radius 1 is 1.10 bits per heavy atom. The molecule has 1 aliphatic rings. The molecule has 1 amide bonds. The van der Waals surface area contributed by atoms with Crippen LogP contribution in [0.5, 0.6) is 0 Å². The summed E-state index contributed by atoms with van der Waals surface area (Å²) in [4.78, 5) is 28.6.